The predicted octanol–water partition coefficient (Wildman–Crippen LogP) is 2.79. The van der Waals surface area contributed by atoms with Crippen LogP contribution in [0, 0.1) is 0 Å². The minimum Gasteiger partial charge on any atom is -0.352 e. The molecule has 1 unspecified atom stereocenters. The fourth-order valence-electron chi connectivity index (χ4n) is 2.11. The molecule has 0 spiro atoms. The summed E-state index contributed by atoms with van der Waals surface area (Å²) in [5.74, 6) is 1.04. The molecular weight excluding hydrogens is 334 g/mol. The second-order valence-electron chi connectivity index (χ2n) is 3.89. The average molecular weight is 349 g/mol. The molecule has 88 valence electrons. The van der Waals surface area contributed by atoms with Gasteiger partial charge in [0.1, 0.15) is 5.82 Å². The van der Waals surface area contributed by atoms with Crippen molar-refractivity contribution in [3.8, 4) is 0 Å². The van der Waals surface area contributed by atoms with Crippen molar-refractivity contribution in [1.82, 2.24) is 10.3 Å². The van der Waals surface area contributed by atoms with Crippen LogP contribution in [0.2, 0.25) is 0 Å². The van der Waals surface area contributed by atoms with Crippen molar-refractivity contribution in [1.29, 1.82) is 0 Å². The third kappa shape index (κ3) is 2.57. The van der Waals surface area contributed by atoms with E-state index in [4.69, 9.17) is 0 Å². The molecule has 0 aliphatic carbocycles. The lowest BCUT2D eigenvalue weighted by molar-refractivity contribution is 0.639. The minimum absolute atomic E-state index is 0.565. The van der Waals surface area contributed by atoms with Crippen LogP contribution in [0.25, 0.3) is 0 Å². The van der Waals surface area contributed by atoms with Gasteiger partial charge in [-0.25, -0.2) is 4.98 Å². The average Bonchev–Trinajstić information content (AvgIpc) is 2.75. The van der Waals surface area contributed by atoms with Crippen LogP contribution in [0.15, 0.2) is 21.2 Å². The summed E-state index contributed by atoms with van der Waals surface area (Å²) in [5, 5.41) is 3.39. The number of pyridine rings is 1. The molecule has 2 heterocycles. The highest BCUT2D eigenvalue weighted by molar-refractivity contribution is 9.11. The Labute approximate surface area is 113 Å². The lowest BCUT2D eigenvalue weighted by atomic mass is 10.2. The number of likely N-dealkylation sites (N-methyl/N-ethyl adjacent to an activating group) is 1. The van der Waals surface area contributed by atoms with Crippen molar-refractivity contribution in [3.63, 3.8) is 0 Å². The third-order valence-corrected chi connectivity index (χ3v) is 3.89. The zero-order chi connectivity index (χ0) is 11.5. The fourth-order valence-corrected chi connectivity index (χ4v) is 3.32. The fraction of sp³-hybridized carbons (Fsp3) is 0.545. The summed E-state index contributed by atoms with van der Waals surface area (Å²) in [7, 11) is 0. The molecule has 1 aromatic heterocycles. The molecule has 0 amide bonds. The van der Waals surface area contributed by atoms with E-state index in [2.05, 4.69) is 54.0 Å². The molecule has 1 N–H and O–H groups in total. The SMILES string of the molecule is CCN(c1ncc(Br)cc1Br)C1CCNC1. The van der Waals surface area contributed by atoms with Crippen LogP contribution in [0.1, 0.15) is 13.3 Å². The smallest absolute Gasteiger partial charge is 0.143 e. The molecular formula is C11H15Br2N3. The van der Waals surface area contributed by atoms with Crippen LogP contribution in [0.4, 0.5) is 5.82 Å². The van der Waals surface area contributed by atoms with Crippen LogP contribution in [-0.2, 0) is 0 Å². The first-order valence-corrected chi connectivity index (χ1v) is 7.09. The molecule has 1 aliphatic rings. The second-order valence-corrected chi connectivity index (χ2v) is 5.66. The van der Waals surface area contributed by atoms with Gasteiger partial charge in [-0.1, -0.05) is 0 Å². The molecule has 1 aromatic rings. The quantitative estimate of drug-likeness (QED) is 0.910. The Hall–Kier alpha value is -0.130. The van der Waals surface area contributed by atoms with Crippen LogP contribution in [-0.4, -0.2) is 30.7 Å². The molecule has 0 saturated carbocycles. The molecule has 1 fully saturated rings. The van der Waals surface area contributed by atoms with E-state index in [1.165, 1.54) is 6.42 Å². The molecule has 1 saturated heterocycles. The summed E-state index contributed by atoms with van der Waals surface area (Å²) in [4.78, 5) is 6.86. The Morgan fingerprint density at radius 3 is 2.94 bits per heavy atom. The molecule has 2 rings (SSSR count). The zero-order valence-corrected chi connectivity index (χ0v) is 12.4. The summed E-state index contributed by atoms with van der Waals surface area (Å²) in [6, 6.07) is 2.61. The predicted molar refractivity (Wildman–Crippen MR) is 73.9 cm³/mol. The number of hydrogen-bond acceptors (Lipinski definition) is 3. The van der Waals surface area contributed by atoms with Crippen molar-refractivity contribution in [2.45, 2.75) is 19.4 Å². The Balaban J connectivity index is 2.25. The van der Waals surface area contributed by atoms with Gasteiger partial charge in [0.2, 0.25) is 0 Å². The summed E-state index contributed by atoms with van der Waals surface area (Å²) < 4.78 is 2.05. The lowest BCUT2D eigenvalue weighted by Crippen LogP contribution is -2.37. The Morgan fingerprint density at radius 1 is 1.56 bits per heavy atom. The number of rotatable bonds is 3. The van der Waals surface area contributed by atoms with Crippen molar-refractivity contribution < 1.29 is 0 Å². The van der Waals surface area contributed by atoms with Gasteiger partial charge in [0.15, 0.2) is 0 Å². The third-order valence-electron chi connectivity index (χ3n) is 2.88. The van der Waals surface area contributed by atoms with Crippen LogP contribution < -0.4 is 10.2 Å². The summed E-state index contributed by atoms with van der Waals surface area (Å²) in [6.45, 7) is 5.32. The monoisotopic (exact) mass is 347 g/mol. The first kappa shape index (κ1) is 12.3. The molecule has 16 heavy (non-hydrogen) atoms. The number of nitrogens with zero attached hydrogens (tertiary/aromatic N) is 2. The van der Waals surface area contributed by atoms with Crippen LogP contribution in [0.5, 0.6) is 0 Å². The van der Waals surface area contributed by atoms with Crippen molar-refractivity contribution in [3.05, 3.63) is 21.2 Å². The first-order valence-electron chi connectivity index (χ1n) is 5.50. The van der Waals surface area contributed by atoms with Gasteiger partial charge in [0, 0.05) is 29.8 Å². The maximum Gasteiger partial charge on any atom is 0.143 e. The summed E-state index contributed by atoms with van der Waals surface area (Å²) in [5.41, 5.74) is 0. The molecule has 1 atom stereocenters. The van der Waals surface area contributed by atoms with Crippen molar-refractivity contribution in [2.75, 3.05) is 24.5 Å². The highest BCUT2D eigenvalue weighted by atomic mass is 79.9. The van der Waals surface area contributed by atoms with Gasteiger partial charge in [-0.3, -0.25) is 0 Å². The number of halogens is 2. The van der Waals surface area contributed by atoms with Crippen molar-refractivity contribution in [2.24, 2.45) is 0 Å². The number of anilines is 1. The zero-order valence-electron chi connectivity index (χ0n) is 9.21. The van der Waals surface area contributed by atoms with E-state index in [1.54, 1.807) is 0 Å². The van der Waals surface area contributed by atoms with E-state index in [-0.39, 0.29) is 0 Å². The second kappa shape index (κ2) is 5.47. The minimum atomic E-state index is 0.565. The molecule has 3 nitrogen and oxygen atoms in total. The van der Waals surface area contributed by atoms with Crippen LogP contribution in [0.3, 0.4) is 0 Å². The first-order chi connectivity index (χ1) is 7.72. The number of nitrogens with one attached hydrogen (secondary N) is 1. The summed E-state index contributed by atoms with van der Waals surface area (Å²) >= 11 is 7.01. The van der Waals surface area contributed by atoms with Crippen LogP contribution >= 0.6 is 31.9 Å². The standard InChI is InChI=1S/C11H15Br2N3/c1-2-16(9-3-4-14-7-9)11-10(13)5-8(12)6-15-11/h5-6,9,14H,2-4,7H2,1H3. The highest BCUT2D eigenvalue weighted by Gasteiger charge is 2.23. The molecule has 1 aliphatic heterocycles. The van der Waals surface area contributed by atoms with Gasteiger partial charge in [-0.05, 0) is 57.8 Å². The maximum atomic E-state index is 4.50. The summed E-state index contributed by atoms with van der Waals surface area (Å²) in [6.07, 6.45) is 3.04. The van der Waals surface area contributed by atoms with E-state index in [1.807, 2.05) is 12.3 Å². The van der Waals surface area contributed by atoms with E-state index in [9.17, 15) is 0 Å². The van der Waals surface area contributed by atoms with Gasteiger partial charge < -0.3 is 10.2 Å². The van der Waals surface area contributed by atoms with Gasteiger partial charge in [0.05, 0.1) is 4.47 Å². The van der Waals surface area contributed by atoms with Gasteiger partial charge in [-0.2, -0.15) is 0 Å². The molecule has 0 bridgehead atoms. The largest absolute Gasteiger partial charge is 0.352 e. The van der Waals surface area contributed by atoms with E-state index in [0.29, 0.717) is 6.04 Å². The van der Waals surface area contributed by atoms with Gasteiger partial charge in [-0.15, -0.1) is 0 Å². The molecule has 0 radical (unpaired) electrons. The molecule has 0 aromatic carbocycles. The van der Waals surface area contributed by atoms with Crippen molar-refractivity contribution >= 4 is 37.7 Å². The van der Waals surface area contributed by atoms with Gasteiger partial charge in [0.25, 0.3) is 0 Å². The Bertz CT molecular complexity index is 364. The Kier molecular flexibility index (Phi) is 4.21. The van der Waals surface area contributed by atoms with Gasteiger partial charge >= 0.3 is 0 Å². The lowest BCUT2D eigenvalue weighted by Gasteiger charge is -2.29. The molecule has 5 heteroatoms. The van der Waals surface area contributed by atoms with E-state index >= 15 is 0 Å². The topological polar surface area (TPSA) is 28.2 Å². The van der Waals surface area contributed by atoms with E-state index < -0.39 is 0 Å². The van der Waals surface area contributed by atoms with E-state index in [0.717, 1.165) is 34.4 Å². The number of aromatic nitrogens is 1. The normalized spacial score (nSPS) is 20.1. The Morgan fingerprint density at radius 2 is 2.38 bits per heavy atom. The maximum absolute atomic E-state index is 4.50. The highest BCUT2D eigenvalue weighted by Crippen LogP contribution is 2.28. The number of hydrogen-bond donors (Lipinski definition) is 1.